The van der Waals surface area contributed by atoms with Crippen molar-refractivity contribution >= 4 is 5.91 Å². The third-order valence-corrected chi connectivity index (χ3v) is 5.57. The van der Waals surface area contributed by atoms with E-state index in [1.54, 1.807) is 7.11 Å². The molecule has 2 aliphatic heterocycles. The van der Waals surface area contributed by atoms with E-state index in [1.165, 1.54) is 0 Å². The maximum atomic E-state index is 13.3. The van der Waals surface area contributed by atoms with Gasteiger partial charge in [0.1, 0.15) is 11.4 Å². The van der Waals surface area contributed by atoms with Crippen molar-refractivity contribution in [3.05, 3.63) is 29.8 Å². The first-order valence-electron chi connectivity index (χ1n) is 9.04. The molecule has 2 saturated heterocycles. The van der Waals surface area contributed by atoms with Gasteiger partial charge in [0, 0.05) is 19.6 Å². The molecule has 1 amide bonds. The Morgan fingerprint density at radius 2 is 2.04 bits per heavy atom. The highest BCUT2D eigenvalue weighted by Gasteiger charge is 2.54. The van der Waals surface area contributed by atoms with Gasteiger partial charge in [-0.25, -0.2) is 0 Å². The quantitative estimate of drug-likeness (QED) is 0.883. The molecule has 3 fully saturated rings. The summed E-state index contributed by atoms with van der Waals surface area (Å²) in [6.45, 7) is 4.60. The molecule has 0 bridgehead atoms. The summed E-state index contributed by atoms with van der Waals surface area (Å²) >= 11 is 0. The smallest absolute Gasteiger partial charge is 0.233 e. The lowest BCUT2D eigenvalue weighted by atomic mass is 9.92. The highest BCUT2D eigenvalue weighted by molar-refractivity contribution is 5.91. The van der Waals surface area contributed by atoms with Gasteiger partial charge in [-0.1, -0.05) is 12.1 Å². The van der Waals surface area contributed by atoms with Gasteiger partial charge in [-0.05, 0) is 30.5 Å². The summed E-state index contributed by atoms with van der Waals surface area (Å²) in [5.74, 6) is 1.04. The minimum atomic E-state index is -0.416. The fourth-order valence-corrected chi connectivity index (χ4v) is 3.95. The van der Waals surface area contributed by atoms with Crippen molar-refractivity contribution in [2.24, 2.45) is 0 Å². The first-order chi connectivity index (χ1) is 12.2. The minimum Gasteiger partial charge on any atom is -0.497 e. The van der Waals surface area contributed by atoms with Gasteiger partial charge in [0.15, 0.2) is 0 Å². The lowest BCUT2D eigenvalue weighted by Gasteiger charge is -2.43. The van der Waals surface area contributed by atoms with Crippen molar-refractivity contribution in [2.75, 3.05) is 53.1 Å². The van der Waals surface area contributed by atoms with Crippen LogP contribution in [0, 0.1) is 0 Å². The second-order valence-electron chi connectivity index (χ2n) is 7.30. The SMILES string of the molecule is COc1ccc(C2(C(=O)N3CCO[C@@]4(CNCCOC4)C3)CC2)cc1. The van der Waals surface area contributed by atoms with Crippen molar-refractivity contribution < 1.29 is 19.0 Å². The number of carbonyl (C=O) groups excluding carboxylic acids is 1. The van der Waals surface area contributed by atoms with Gasteiger partial charge in [0.2, 0.25) is 5.91 Å². The van der Waals surface area contributed by atoms with Gasteiger partial charge >= 0.3 is 0 Å². The molecule has 3 aliphatic rings. The average molecular weight is 346 g/mol. The van der Waals surface area contributed by atoms with Gasteiger partial charge in [-0.2, -0.15) is 0 Å². The number of amides is 1. The van der Waals surface area contributed by atoms with Crippen molar-refractivity contribution in [3.8, 4) is 5.75 Å². The second-order valence-corrected chi connectivity index (χ2v) is 7.30. The molecular formula is C19H26N2O4. The van der Waals surface area contributed by atoms with Crippen LogP contribution in [0.1, 0.15) is 18.4 Å². The molecule has 0 aromatic heterocycles. The molecule has 1 aromatic carbocycles. The summed E-state index contributed by atoms with van der Waals surface area (Å²) in [7, 11) is 1.66. The Morgan fingerprint density at radius 1 is 1.24 bits per heavy atom. The molecule has 1 spiro atoms. The molecule has 6 nitrogen and oxygen atoms in total. The predicted molar refractivity (Wildman–Crippen MR) is 92.9 cm³/mol. The van der Waals surface area contributed by atoms with E-state index in [-0.39, 0.29) is 11.3 Å². The number of benzene rings is 1. The van der Waals surface area contributed by atoms with E-state index in [1.807, 2.05) is 29.2 Å². The van der Waals surface area contributed by atoms with Gasteiger partial charge in [0.05, 0.1) is 38.9 Å². The Bertz CT molecular complexity index is 619. The van der Waals surface area contributed by atoms with Crippen molar-refractivity contribution in [3.63, 3.8) is 0 Å². The number of morpholine rings is 1. The van der Waals surface area contributed by atoms with Gasteiger partial charge in [-0.15, -0.1) is 0 Å². The highest BCUT2D eigenvalue weighted by atomic mass is 16.5. The lowest BCUT2D eigenvalue weighted by Crippen LogP contribution is -2.60. The van der Waals surface area contributed by atoms with Crippen molar-refractivity contribution in [1.29, 1.82) is 0 Å². The van der Waals surface area contributed by atoms with Crippen molar-refractivity contribution in [2.45, 2.75) is 23.9 Å². The van der Waals surface area contributed by atoms with Crippen LogP contribution >= 0.6 is 0 Å². The molecular weight excluding hydrogens is 320 g/mol. The zero-order valence-corrected chi connectivity index (χ0v) is 14.8. The number of nitrogens with one attached hydrogen (secondary N) is 1. The second kappa shape index (κ2) is 6.59. The van der Waals surface area contributed by atoms with Crippen molar-refractivity contribution in [1.82, 2.24) is 10.2 Å². The fraction of sp³-hybridized carbons (Fsp3) is 0.632. The molecule has 0 unspecified atom stereocenters. The number of ether oxygens (including phenoxy) is 3. The van der Waals surface area contributed by atoms with E-state index in [0.29, 0.717) is 32.9 Å². The molecule has 4 rings (SSSR count). The van der Waals surface area contributed by atoms with Crippen LogP contribution in [-0.4, -0.2) is 69.5 Å². The molecule has 6 heteroatoms. The molecule has 136 valence electrons. The number of rotatable bonds is 3. The molecule has 0 radical (unpaired) electrons. The van der Waals surface area contributed by atoms with Crippen LogP contribution in [0.5, 0.6) is 5.75 Å². The van der Waals surface area contributed by atoms with Crippen LogP contribution in [0.3, 0.4) is 0 Å². The predicted octanol–water partition coefficient (Wildman–Crippen LogP) is 0.944. The normalized spacial score (nSPS) is 28.4. The Labute approximate surface area is 148 Å². The maximum Gasteiger partial charge on any atom is 0.233 e. The Balaban J connectivity index is 1.51. The number of hydrogen-bond donors (Lipinski definition) is 1. The van der Waals surface area contributed by atoms with Crippen LogP contribution in [0.25, 0.3) is 0 Å². The third-order valence-electron chi connectivity index (χ3n) is 5.57. The van der Waals surface area contributed by atoms with Crippen LogP contribution in [0.2, 0.25) is 0 Å². The topological polar surface area (TPSA) is 60.0 Å². The Hall–Kier alpha value is -1.63. The summed E-state index contributed by atoms with van der Waals surface area (Å²) < 4.78 is 17.0. The zero-order chi connectivity index (χ0) is 17.3. The minimum absolute atomic E-state index is 0.226. The summed E-state index contributed by atoms with van der Waals surface area (Å²) in [4.78, 5) is 15.3. The van der Waals surface area contributed by atoms with E-state index in [4.69, 9.17) is 14.2 Å². The van der Waals surface area contributed by atoms with Gasteiger partial charge in [-0.3, -0.25) is 4.79 Å². The van der Waals surface area contributed by atoms with E-state index in [9.17, 15) is 4.79 Å². The summed E-state index contributed by atoms with van der Waals surface area (Å²) in [5, 5.41) is 3.36. The molecule has 1 saturated carbocycles. The number of carbonyl (C=O) groups is 1. The summed E-state index contributed by atoms with van der Waals surface area (Å²) in [5.41, 5.74) is 0.318. The van der Waals surface area contributed by atoms with E-state index in [2.05, 4.69) is 5.32 Å². The first kappa shape index (κ1) is 16.8. The monoisotopic (exact) mass is 346 g/mol. The summed E-state index contributed by atoms with van der Waals surface area (Å²) in [6.07, 6.45) is 1.83. The fourth-order valence-electron chi connectivity index (χ4n) is 3.95. The number of methoxy groups -OCH3 is 1. The average Bonchev–Trinajstić information content (AvgIpc) is 3.48. The van der Waals surface area contributed by atoms with E-state index >= 15 is 0 Å². The van der Waals surface area contributed by atoms with E-state index < -0.39 is 5.60 Å². The highest BCUT2D eigenvalue weighted by Crippen LogP contribution is 2.50. The lowest BCUT2D eigenvalue weighted by molar-refractivity contribution is -0.160. The van der Waals surface area contributed by atoms with Crippen LogP contribution in [0.15, 0.2) is 24.3 Å². The molecule has 1 aromatic rings. The van der Waals surface area contributed by atoms with Crippen LogP contribution in [0.4, 0.5) is 0 Å². The zero-order valence-electron chi connectivity index (χ0n) is 14.8. The summed E-state index contributed by atoms with van der Waals surface area (Å²) in [6, 6.07) is 7.92. The number of hydrogen-bond acceptors (Lipinski definition) is 5. The molecule has 25 heavy (non-hydrogen) atoms. The van der Waals surface area contributed by atoms with Crippen LogP contribution in [-0.2, 0) is 19.7 Å². The largest absolute Gasteiger partial charge is 0.497 e. The molecule has 1 atom stereocenters. The Morgan fingerprint density at radius 3 is 2.76 bits per heavy atom. The first-order valence-corrected chi connectivity index (χ1v) is 9.04. The van der Waals surface area contributed by atoms with Crippen LogP contribution < -0.4 is 10.1 Å². The maximum absolute atomic E-state index is 13.3. The number of nitrogens with zero attached hydrogens (tertiary/aromatic N) is 1. The van der Waals surface area contributed by atoms with Gasteiger partial charge in [0.25, 0.3) is 0 Å². The molecule has 1 N–H and O–H groups in total. The third kappa shape index (κ3) is 3.14. The standard InChI is InChI=1S/C19H26N2O4/c1-23-16-4-2-15(3-5-16)19(6-7-19)17(22)21-9-11-25-18(13-21)12-20-8-10-24-14-18/h2-5,20H,6-14H2,1H3/t18-/m0/s1. The molecule has 2 heterocycles. The Kier molecular flexibility index (Phi) is 4.43. The van der Waals surface area contributed by atoms with E-state index in [0.717, 1.165) is 37.2 Å². The molecule has 1 aliphatic carbocycles. The van der Waals surface area contributed by atoms with Gasteiger partial charge < -0.3 is 24.4 Å².